The fourth-order valence-corrected chi connectivity index (χ4v) is 0.320. The summed E-state index contributed by atoms with van der Waals surface area (Å²) in [4.78, 5) is 0. The molecule has 0 aliphatic carbocycles. The molecule has 0 radical (unpaired) electrons. The lowest BCUT2D eigenvalue weighted by atomic mass is 10.2. The SMILES string of the molecule is CC(C)C(Cl)OCO. The second-order valence-corrected chi connectivity index (χ2v) is 2.32. The van der Waals surface area contributed by atoms with Gasteiger partial charge in [0.25, 0.3) is 0 Å². The van der Waals surface area contributed by atoms with Gasteiger partial charge in [-0.3, -0.25) is 0 Å². The van der Waals surface area contributed by atoms with Crippen LogP contribution in [0.25, 0.3) is 0 Å². The first-order chi connectivity index (χ1) is 3.68. The second kappa shape index (κ2) is 4.13. The summed E-state index contributed by atoms with van der Waals surface area (Å²) in [7, 11) is 0. The smallest absolute Gasteiger partial charge is 0.145 e. The predicted molar refractivity (Wildman–Crippen MR) is 32.6 cm³/mol. The van der Waals surface area contributed by atoms with E-state index >= 15 is 0 Å². The van der Waals surface area contributed by atoms with E-state index in [2.05, 4.69) is 4.74 Å². The predicted octanol–water partition coefficient (Wildman–Crippen LogP) is 1.17. The summed E-state index contributed by atoms with van der Waals surface area (Å²) < 4.78 is 4.62. The third-order valence-electron chi connectivity index (χ3n) is 0.758. The lowest BCUT2D eigenvalue weighted by Crippen LogP contribution is -2.12. The number of aliphatic hydroxyl groups is 1. The highest BCUT2D eigenvalue weighted by Gasteiger charge is 2.07. The largest absolute Gasteiger partial charge is 0.371 e. The summed E-state index contributed by atoms with van der Waals surface area (Å²) in [5.74, 6) is 0.254. The van der Waals surface area contributed by atoms with E-state index in [9.17, 15) is 0 Å². The fourth-order valence-electron chi connectivity index (χ4n) is 0.264. The van der Waals surface area contributed by atoms with Crippen LogP contribution in [0.4, 0.5) is 0 Å². The summed E-state index contributed by atoms with van der Waals surface area (Å²) in [5.41, 5.74) is -0.361. The van der Waals surface area contributed by atoms with Crippen molar-refractivity contribution in [2.45, 2.75) is 19.4 Å². The Labute approximate surface area is 54.4 Å². The van der Waals surface area contributed by atoms with E-state index < -0.39 is 0 Å². The third-order valence-corrected chi connectivity index (χ3v) is 1.39. The molecule has 0 aliphatic rings. The summed E-state index contributed by atoms with van der Waals surface area (Å²) >= 11 is 5.53. The summed E-state index contributed by atoms with van der Waals surface area (Å²) in [6.07, 6.45) is 0. The molecule has 1 atom stereocenters. The zero-order valence-electron chi connectivity index (χ0n) is 5.10. The molecule has 0 heterocycles. The fraction of sp³-hybridized carbons (Fsp3) is 1.00. The maximum Gasteiger partial charge on any atom is 0.145 e. The highest BCUT2D eigenvalue weighted by atomic mass is 35.5. The first-order valence-electron chi connectivity index (χ1n) is 2.55. The first-order valence-corrected chi connectivity index (χ1v) is 2.98. The van der Waals surface area contributed by atoms with Crippen LogP contribution >= 0.6 is 11.6 Å². The molecule has 0 aliphatic heterocycles. The van der Waals surface area contributed by atoms with Crippen LogP contribution in [0.15, 0.2) is 0 Å². The molecule has 8 heavy (non-hydrogen) atoms. The van der Waals surface area contributed by atoms with Crippen LogP contribution in [0, 0.1) is 5.92 Å². The molecule has 0 saturated carbocycles. The molecule has 0 aromatic heterocycles. The van der Waals surface area contributed by atoms with Gasteiger partial charge in [0, 0.05) is 0 Å². The van der Waals surface area contributed by atoms with Crippen LogP contribution in [0.1, 0.15) is 13.8 Å². The minimum absolute atomic E-state index is 0.254. The van der Waals surface area contributed by atoms with Crippen molar-refractivity contribution >= 4 is 11.6 Å². The highest BCUT2D eigenvalue weighted by Crippen LogP contribution is 2.09. The molecule has 3 heteroatoms. The van der Waals surface area contributed by atoms with Crippen molar-refractivity contribution in [2.75, 3.05) is 6.79 Å². The monoisotopic (exact) mass is 138 g/mol. The molecule has 1 unspecified atom stereocenters. The number of alkyl halides is 1. The molecule has 0 bridgehead atoms. The molecule has 50 valence electrons. The van der Waals surface area contributed by atoms with Crippen LogP contribution in [-0.4, -0.2) is 17.5 Å². The zero-order chi connectivity index (χ0) is 6.57. The van der Waals surface area contributed by atoms with Gasteiger partial charge in [-0.2, -0.15) is 0 Å². The van der Waals surface area contributed by atoms with E-state index in [0.29, 0.717) is 0 Å². The number of hydrogen-bond donors (Lipinski definition) is 1. The average molecular weight is 139 g/mol. The van der Waals surface area contributed by atoms with Crippen LogP contribution in [0.5, 0.6) is 0 Å². The van der Waals surface area contributed by atoms with Crippen molar-refractivity contribution in [3.8, 4) is 0 Å². The van der Waals surface area contributed by atoms with E-state index in [0.717, 1.165) is 0 Å². The molecular formula is C5H11ClO2. The maximum atomic E-state index is 8.18. The summed E-state index contributed by atoms with van der Waals surface area (Å²) in [6.45, 7) is 3.55. The maximum absolute atomic E-state index is 8.18. The van der Waals surface area contributed by atoms with Crippen molar-refractivity contribution < 1.29 is 9.84 Å². The molecule has 0 aromatic rings. The quantitative estimate of drug-likeness (QED) is 0.469. The number of ether oxygens (including phenoxy) is 1. The molecule has 2 nitrogen and oxygen atoms in total. The van der Waals surface area contributed by atoms with Crippen molar-refractivity contribution in [3.05, 3.63) is 0 Å². The molecule has 0 saturated heterocycles. The van der Waals surface area contributed by atoms with Gasteiger partial charge < -0.3 is 9.84 Å². The third kappa shape index (κ3) is 3.24. The molecule has 0 rings (SSSR count). The first kappa shape index (κ1) is 8.21. The lowest BCUT2D eigenvalue weighted by molar-refractivity contribution is -0.0323. The Balaban J connectivity index is 3.17. The Bertz CT molecular complexity index is 56.4. The van der Waals surface area contributed by atoms with E-state index in [1.165, 1.54) is 0 Å². The van der Waals surface area contributed by atoms with Gasteiger partial charge in [-0.05, 0) is 5.92 Å². The topological polar surface area (TPSA) is 29.5 Å². The van der Waals surface area contributed by atoms with E-state index in [4.69, 9.17) is 16.7 Å². The zero-order valence-corrected chi connectivity index (χ0v) is 5.85. The van der Waals surface area contributed by atoms with Gasteiger partial charge >= 0.3 is 0 Å². The molecule has 0 spiro atoms. The Morgan fingerprint density at radius 3 is 2.25 bits per heavy atom. The molecule has 1 N–H and O–H groups in total. The second-order valence-electron chi connectivity index (χ2n) is 1.89. The Morgan fingerprint density at radius 1 is 1.62 bits per heavy atom. The number of hydrogen-bond acceptors (Lipinski definition) is 2. The normalized spacial score (nSPS) is 14.6. The summed E-state index contributed by atoms with van der Waals surface area (Å²) in [6, 6.07) is 0. The van der Waals surface area contributed by atoms with Crippen molar-refractivity contribution in [1.82, 2.24) is 0 Å². The highest BCUT2D eigenvalue weighted by molar-refractivity contribution is 6.19. The molecule has 0 amide bonds. The summed E-state index contributed by atoms with van der Waals surface area (Å²) in [5, 5.41) is 8.18. The number of rotatable bonds is 3. The van der Waals surface area contributed by atoms with E-state index in [1.807, 2.05) is 13.8 Å². The lowest BCUT2D eigenvalue weighted by Gasteiger charge is -2.10. The van der Waals surface area contributed by atoms with Crippen molar-refractivity contribution in [3.63, 3.8) is 0 Å². The van der Waals surface area contributed by atoms with Crippen molar-refractivity contribution in [1.29, 1.82) is 0 Å². The van der Waals surface area contributed by atoms with E-state index in [-0.39, 0.29) is 18.3 Å². The van der Waals surface area contributed by atoms with E-state index in [1.54, 1.807) is 0 Å². The van der Waals surface area contributed by atoms with Crippen LogP contribution in [0.3, 0.4) is 0 Å². The van der Waals surface area contributed by atoms with Gasteiger partial charge in [0.05, 0.1) is 0 Å². The van der Waals surface area contributed by atoms with Crippen molar-refractivity contribution in [2.24, 2.45) is 5.92 Å². The Hall–Kier alpha value is 0.210. The van der Waals surface area contributed by atoms with Gasteiger partial charge in [-0.15, -0.1) is 0 Å². The Kier molecular flexibility index (Phi) is 4.23. The van der Waals surface area contributed by atoms with Crippen LogP contribution in [-0.2, 0) is 4.74 Å². The van der Waals surface area contributed by atoms with Crippen LogP contribution < -0.4 is 0 Å². The Morgan fingerprint density at radius 2 is 2.12 bits per heavy atom. The molecule has 0 aromatic carbocycles. The molecular weight excluding hydrogens is 128 g/mol. The van der Waals surface area contributed by atoms with Crippen LogP contribution in [0.2, 0.25) is 0 Å². The minimum atomic E-state index is -0.361. The molecule has 0 fully saturated rings. The van der Waals surface area contributed by atoms with Gasteiger partial charge in [0.1, 0.15) is 12.4 Å². The number of aliphatic hydroxyl groups excluding tert-OH is 1. The minimum Gasteiger partial charge on any atom is -0.371 e. The number of halogens is 1. The van der Waals surface area contributed by atoms with Gasteiger partial charge in [0.2, 0.25) is 0 Å². The van der Waals surface area contributed by atoms with Gasteiger partial charge in [-0.1, -0.05) is 25.4 Å². The average Bonchev–Trinajstić information content (AvgIpc) is 1.67. The van der Waals surface area contributed by atoms with Gasteiger partial charge in [0.15, 0.2) is 0 Å². The standard InChI is InChI=1S/C5H11ClO2/c1-4(2)5(6)8-3-7/h4-5,7H,3H2,1-2H3. The van der Waals surface area contributed by atoms with Gasteiger partial charge in [-0.25, -0.2) is 0 Å².